The topological polar surface area (TPSA) is 66.0 Å². The van der Waals surface area contributed by atoms with Crippen molar-refractivity contribution in [2.75, 3.05) is 0 Å². The summed E-state index contributed by atoms with van der Waals surface area (Å²) in [5.41, 5.74) is 0.129. The molecule has 0 aliphatic carbocycles. The molecule has 1 aromatic heterocycles. The summed E-state index contributed by atoms with van der Waals surface area (Å²) < 4.78 is 6.74. The molecule has 0 fully saturated rings. The van der Waals surface area contributed by atoms with E-state index in [9.17, 15) is 4.79 Å². The summed E-state index contributed by atoms with van der Waals surface area (Å²) in [5, 5.41) is 11.6. The van der Waals surface area contributed by atoms with Gasteiger partial charge in [0.2, 0.25) is 5.91 Å². The highest BCUT2D eigenvalue weighted by Gasteiger charge is 2.19. The van der Waals surface area contributed by atoms with E-state index in [4.69, 9.17) is 9.68 Å². The molecule has 2 rings (SSSR count). The maximum Gasteiger partial charge on any atom is 0.221 e. The SMILES string of the molecule is CC(C)(C#N)NC(=O)CCc1ccc(-c2ccccc2Br)o1. The maximum absolute atomic E-state index is 11.8. The molecule has 0 bridgehead atoms. The van der Waals surface area contributed by atoms with Crippen LogP contribution in [0.5, 0.6) is 0 Å². The van der Waals surface area contributed by atoms with Gasteiger partial charge >= 0.3 is 0 Å². The van der Waals surface area contributed by atoms with Crippen LogP contribution >= 0.6 is 15.9 Å². The van der Waals surface area contributed by atoms with E-state index >= 15 is 0 Å². The number of benzene rings is 1. The second-order valence-corrected chi connectivity index (χ2v) is 6.39. The predicted molar refractivity (Wildman–Crippen MR) is 88.0 cm³/mol. The van der Waals surface area contributed by atoms with E-state index in [1.807, 2.05) is 42.5 Å². The first-order chi connectivity index (χ1) is 10.4. The molecule has 1 aromatic carbocycles. The average molecular weight is 361 g/mol. The first-order valence-electron chi connectivity index (χ1n) is 6.97. The lowest BCUT2D eigenvalue weighted by Gasteiger charge is -2.16. The second kappa shape index (κ2) is 6.80. The van der Waals surface area contributed by atoms with Crippen molar-refractivity contribution in [2.45, 2.75) is 32.2 Å². The van der Waals surface area contributed by atoms with Crippen LogP contribution in [-0.2, 0) is 11.2 Å². The van der Waals surface area contributed by atoms with Crippen LogP contribution in [0, 0.1) is 11.3 Å². The Labute approximate surface area is 138 Å². The molecule has 1 heterocycles. The Morgan fingerprint density at radius 2 is 2.05 bits per heavy atom. The van der Waals surface area contributed by atoms with Crippen molar-refractivity contribution >= 4 is 21.8 Å². The Kier molecular flexibility index (Phi) is 5.04. The molecule has 0 aliphatic heterocycles. The molecular formula is C17H17BrN2O2. The molecule has 2 aromatic rings. The van der Waals surface area contributed by atoms with E-state index in [1.165, 1.54) is 0 Å². The van der Waals surface area contributed by atoms with Gasteiger partial charge < -0.3 is 9.73 Å². The number of carbonyl (C=O) groups excluding carboxylic acids is 1. The summed E-state index contributed by atoms with van der Waals surface area (Å²) in [6.07, 6.45) is 0.784. The molecule has 4 nitrogen and oxygen atoms in total. The molecular weight excluding hydrogens is 344 g/mol. The van der Waals surface area contributed by atoms with Crippen molar-refractivity contribution in [3.05, 3.63) is 46.6 Å². The van der Waals surface area contributed by atoms with Gasteiger partial charge in [0, 0.05) is 22.9 Å². The van der Waals surface area contributed by atoms with E-state index in [2.05, 4.69) is 21.2 Å². The van der Waals surface area contributed by atoms with Crippen LogP contribution in [0.1, 0.15) is 26.0 Å². The summed E-state index contributed by atoms with van der Waals surface area (Å²) in [6.45, 7) is 3.34. The van der Waals surface area contributed by atoms with Gasteiger partial charge in [0.05, 0.1) is 6.07 Å². The minimum absolute atomic E-state index is 0.162. The Morgan fingerprint density at radius 1 is 1.32 bits per heavy atom. The van der Waals surface area contributed by atoms with Crippen molar-refractivity contribution in [3.8, 4) is 17.4 Å². The Hall–Kier alpha value is -2.06. The summed E-state index contributed by atoms with van der Waals surface area (Å²) >= 11 is 3.49. The Bertz CT molecular complexity index is 713. The van der Waals surface area contributed by atoms with Gasteiger partial charge in [-0.2, -0.15) is 5.26 Å². The fourth-order valence-electron chi connectivity index (χ4n) is 1.99. The third-order valence-electron chi connectivity index (χ3n) is 3.13. The van der Waals surface area contributed by atoms with Gasteiger partial charge in [0.1, 0.15) is 17.1 Å². The molecule has 0 atom stereocenters. The lowest BCUT2D eigenvalue weighted by atomic mass is 10.1. The van der Waals surface area contributed by atoms with E-state index in [0.29, 0.717) is 6.42 Å². The van der Waals surface area contributed by atoms with E-state index < -0.39 is 5.54 Å². The summed E-state index contributed by atoms with van der Waals surface area (Å²) in [5.74, 6) is 1.35. The van der Waals surface area contributed by atoms with Gasteiger partial charge in [-0.15, -0.1) is 0 Å². The Morgan fingerprint density at radius 3 is 2.73 bits per heavy atom. The zero-order valence-electron chi connectivity index (χ0n) is 12.5. The number of nitrogens with one attached hydrogen (secondary N) is 1. The number of nitrogens with zero attached hydrogens (tertiary/aromatic N) is 1. The number of nitriles is 1. The average Bonchev–Trinajstić information content (AvgIpc) is 2.94. The van der Waals surface area contributed by atoms with Crippen LogP contribution in [0.4, 0.5) is 0 Å². The van der Waals surface area contributed by atoms with Crippen LogP contribution in [-0.4, -0.2) is 11.4 Å². The zero-order chi connectivity index (χ0) is 16.2. The monoisotopic (exact) mass is 360 g/mol. The molecule has 1 amide bonds. The molecule has 0 saturated heterocycles. The summed E-state index contributed by atoms with van der Waals surface area (Å²) in [7, 11) is 0. The zero-order valence-corrected chi connectivity index (χ0v) is 14.1. The van der Waals surface area contributed by atoms with Crippen molar-refractivity contribution < 1.29 is 9.21 Å². The number of halogens is 1. The van der Waals surface area contributed by atoms with E-state index in [-0.39, 0.29) is 12.3 Å². The van der Waals surface area contributed by atoms with Crippen molar-refractivity contribution in [1.82, 2.24) is 5.32 Å². The number of aryl methyl sites for hydroxylation is 1. The first kappa shape index (κ1) is 16.3. The van der Waals surface area contributed by atoms with Crippen molar-refractivity contribution in [3.63, 3.8) is 0 Å². The largest absolute Gasteiger partial charge is 0.461 e. The summed E-state index contributed by atoms with van der Waals surface area (Å²) in [6, 6.07) is 13.6. The molecule has 0 aliphatic rings. The number of furan rings is 1. The van der Waals surface area contributed by atoms with Crippen LogP contribution in [0.3, 0.4) is 0 Å². The van der Waals surface area contributed by atoms with Gasteiger partial charge in [-0.05, 0) is 32.0 Å². The molecule has 114 valence electrons. The van der Waals surface area contributed by atoms with Crippen LogP contribution in [0.2, 0.25) is 0 Å². The number of amides is 1. The second-order valence-electron chi connectivity index (χ2n) is 5.53. The molecule has 0 saturated carbocycles. The molecule has 5 heteroatoms. The lowest BCUT2D eigenvalue weighted by molar-refractivity contribution is -0.122. The van der Waals surface area contributed by atoms with Gasteiger partial charge in [0.25, 0.3) is 0 Å². The highest BCUT2D eigenvalue weighted by Crippen LogP contribution is 2.29. The number of rotatable bonds is 5. The van der Waals surface area contributed by atoms with Crippen LogP contribution in [0.25, 0.3) is 11.3 Å². The van der Waals surface area contributed by atoms with E-state index in [1.54, 1.807) is 13.8 Å². The van der Waals surface area contributed by atoms with Crippen molar-refractivity contribution in [2.24, 2.45) is 0 Å². The fourth-order valence-corrected chi connectivity index (χ4v) is 2.47. The summed E-state index contributed by atoms with van der Waals surface area (Å²) in [4.78, 5) is 11.8. The smallest absolute Gasteiger partial charge is 0.221 e. The van der Waals surface area contributed by atoms with Gasteiger partial charge in [0.15, 0.2) is 0 Å². The third-order valence-corrected chi connectivity index (χ3v) is 3.82. The van der Waals surface area contributed by atoms with Gasteiger partial charge in [-0.3, -0.25) is 4.79 Å². The molecule has 1 N–H and O–H groups in total. The lowest BCUT2D eigenvalue weighted by Crippen LogP contribution is -2.42. The fraction of sp³-hybridized carbons (Fsp3) is 0.294. The molecule has 0 radical (unpaired) electrons. The number of hydrogen-bond acceptors (Lipinski definition) is 3. The third kappa shape index (κ3) is 4.22. The quantitative estimate of drug-likeness (QED) is 0.873. The first-order valence-corrected chi connectivity index (χ1v) is 7.76. The number of carbonyl (C=O) groups is 1. The minimum atomic E-state index is -0.847. The Balaban J connectivity index is 1.98. The van der Waals surface area contributed by atoms with Crippen LogP contribution in [0.15, 0.2) is 45.3 Å². The van der Waals surface area contributed by atoms with Crippen molar-refractivity contribution in [1.29, 1.82) is 5.26 Å². The normalized spacial score (nSPS) is 11.0. The number of hydrogen-bond donors (Lipinski definition) is 1. The van der Waals surface area contributed by atoms with E-state index in [0.717, 1.165) is 21.6 Å². The molecule has 0 unspecified atom stereocenters. The molecule has 0 spiro atoms. The predicted octanol–water partition coefficient (Wildman–Crippen LogP) is 4.06. The maximum atomic E-state index is 11.8. The highest BCUT2D eigenvalue weighted by atomic mass is 79.9. The standard InChI is InChI=1S/C17H17BrN2O2/c1-17(2,11-19)20-16(21)10-8-12-7-9-15(22-12)13-5-3-4-6-14(13)18/h3-7,9H,8,10H2,1-2H3,(H,20,21). The van der Waals surface area contributed by atoms with Gasteiger partial charge in [-0.1, -0.05) is 34.1 Å². The van der Waals surface area contributed by atoms with Crippen LogP contribution < -0.4 is 5.32 Å². The van der Waals surface area contributed by atoms with Gasteiger partial charge in [-0.25, -0.2) is 0 Å². The minimum Gasteiger partial charge on any atom is -0.461 e. The molecule has 22 heavy (non-hydrogen) atoms. The highest BCUT2D eigenvalue weighted by molar-refractivity contribution is 9.10.